The molecule has 250 valence electrons. The average molecular weight is 665 g/mol. The number of hydrogen-bond acceptors (Lipinski definition) is 9. The van der Waals surface area contributed by atoms with Crippen LogP contribution in [0, 0.1) is 5.82 Å². The number of benzene rings is 3. The normalized spacial score (nSPS) is 14.0. The van der Waals surface area contributed by atoms with Gasteiger partial charge in [0.05, 0.1) is 42.5 Å². The van der Waals surface area contributed by atoms with Crippen LogP contribution in [0.4, 0.5) is 23.4 Å². The van der Waals surface area contributed by atoms with E-state index in [0.29, 0.717) is 46.7 Å². The number of hydrogen-bond donors (Lipinski definition) is 3. The second-order valence-corrected chi connectivity index (χ2v) is 11.1. The molecule has 6 rings (SSSR count). The van der Waals surface area contributed by atoms with E-state index in [-0.39, 0.29) is 17.1 Å². The number of ether oxygens (including phenoxy) is 2. The number of nitrogen functional groups attached to an aromatic ring is 1. The third-order valence-corrected chi connectivity index (χ3v) is 8.17. The predicted molar refractivity (Wildman–Crippen MR) is 171 cm³/mol. The van der Waals surface area contributed by atoms with Crippen LogP contribution < -0.4 is 21.5 Å². The molecule has 0 saturated carbocycles. The van der Waals surface area contributed by atoms with Gasteiger partial charge in [-0.1, -0.05) is 18.2 Å². The highest BCUT2D eigenvalue weighted by Gasteiger charge is 2.37. The molecule has 0 unspecified atom stereocenters. The number of halogens is 4. The highest BCUT2D eigenvalue weighted by molar-refractivity contribution is 6.00. The van der Waals surface area contributed by atoms with E-state index in [1.54, 1.807) is 4.68 Å². The van der Waals surface area contributed by atoms with E-state index >= 15 is 4.39 Å². The Morgan fingerprint density at radius 2 is 1.81 bits per heavy atom. The molecule has 48 heavy (non-hydrogen) atoms. The topological polar surface area (TPSA) is 146 Å². The highest BCUT2D eigenvalue weighted by atomic mass is 19.4. The van der Waals surface area contributed by atoms with Crippen molar-refractivity contribution in [3.8, 4) is 33.8 Å². The number of amides is 1. The summed E-state index contributed by atoms with van der Waals surface area (Å²) in [6, 6.07) is 13.2. The molecule has 0 spiro atoms. The van der Waals surface area contributed by atoms with Gasteiger partial charge in [-0.05, 0) is 42.0 Å². The van der Waals surface area contributed by atoms with E-state index in [4.69, 9.17) is 26.0 Å². The van der Waals surface area contributed by atoms with Crippen molar-refractivity contribution >= 4 is 22.8 Å². The van der Waals surface area contributed by atoms with Gasteiger partial charge in [-0.15, -0.1) is 0 Å². The maximum atomic E-state index is 15.5. The molecule has 1 fully saturated rings. The Balaban J connectivity index is 1.33. The second-order valence-electron chi connectivity index (χ2n) is 11.1. The minimum Gasteiger partial charge on any atom is -0.496 e. The molecule has 11 nitrogen and oxygen atoms in total. The van der Waals surface area contributed by atoms with Gasteiger partial charge in [0.1, 0.15) is 29.4 Å². The molecule has 1 amide bonds. The number of anilines is 1. The Hall–Kier alpha value is -5.12. The lowest BCUT2D eigenvalue weighted by molar-refractivity contribution is -0.137. The van der Waals surface area contributed by atoms with Crippen LogP contribution in [0.3, 0.4) is 0 Å². The summed E-state index contributed by atoms with van der Waals surface area (Å²) < 4.78 is 69.9. The molecule has 0 bridgehead atoms. The van der Waals surface area contributed by atoms with Crippen LogP contribution in [0.15, 0.2) is 60.9 Å². The van der Waals surface area contributed by atoms with Crippen LogP contribution in [0.2, 0.25) is 0 Å². The maximum absolute atomic E-state index is 15.5. The molecule has 0 radical (unpaired) electrons. The lowest BCUT2D eigenvalue weighted by Crippen LogP contribution is -2.40. The summed E-state index contributed by atoms with van der Waals surface area (Å²) >= 11 is 0. The van der Waals surface area contributed by atoms with Crippen molar-refractivity contribution in [3.63, 3.8) is 0 Å². The molecule has 1 saturated heterocycles. The summed E-state index contributed by atoms with van der Waals surface area (Å²) in [7, 11) is 1.24. The zero-order valence-corrected chi connectivity index (χ0v) is 25.9. The zero-order valence-electron chi connectivity index (χ0n) is 25.9. The Morgan fingerprint density at radius 3 is 2.50 bits per heavy atom. The number of fused-ring (bicyclic) bond motifs is 1. The molecule has 15 heteroatoms. The fourth-order valence-electron chi connectivity index (χ4n) is 5.72. The Labute approximate surface area is 272 Å². The van der Waals surface area contributed by atoms with Crippen LogP contribution in [-0.2, 0) is 17.5 Å². The SMILES string of the molecule is COc1cc(-c2nn(-c3ccc(CNCCN4CCOCC4)cc3)c3ncnc(N)c23)ccc1-c1c(C(F)(F)F)ccc(C(N)=O)c1F. The molecule has 1 aliphatic heterocycles. The van der Waals surface area contributed by atoms with Crippen molar-refractivity contribution in [2.45, 2.75) is 12.7 Å². The van der Waals surface area contributed by atoms with Gasteiger partial charge in [-0.25, -0.2) is 19.0 Å². The Bertz CT molecular complexity index is 1960. The van der Waals surface area contributed by atoms with Crippen LogP contribution in [0.25, 0.3) is 39.1 Å². The summed E-state index contributed by atoms with van der Waals surface area (Å²) in [5.41, 5.74) is 11.3. The highest BCUT2D eigenvalue weighted by Crippen LogP contribution is 2.44. The van der Waals surface area contributed by atoms with Crippen molar-refractivity contribution in [1.82, 2.24) is 30.0 Å². The average Bonchev–Trinajstić information content (AvgIpc) is 3.47. The lowest BCUT2D eigenvalue weighted by Gasteiger charge is -2.26. The van der Waals surface area contributed by atoms with Crippen molar-refractivity contribution in [2.75, 3.05) is 52.2 Å². The fraction of sp³-hybridized carbons (Fsp3) is 0.273. The molecule has 0 atom stereocenters. The Morgan fingerprint density at radius 1 is 1.06 bits per heavy atom. The molecule has 0 aliphatic carbocycles. The maximum Gasteiger partial charge on any atom is 0.417 e. The summed E-state index contributed by atoms with van der Waals surface area (Å²) in [4.78, 5) is 22.7. The number of primary amides is 1. The lowest BCUT2D eigenvalue weighted by atomic mass is 9.93. The standard InChI is InChI=1S/C33H32F4N8O3/c1-47-25-16-20(4-7-22(25)26-24(33(35,36)37)9-8-23(28(26)34)31(39)46)29-27-30(38)41-18-42-32(27)45(43-29)21-5-2-19(3-6-21)17-40-10-11-44-12-14-48-15-13-44/h2-9,16,18,40H,10-15,17H2,1H3,(H2,39,46)(H2,38,41,42). The van der Waals surface area contributed by atoms with E-state index in [1.165, 1.54) is 31.6 Å². The van der Waals surface area contributed by atoms with Gasteiger partial charge in [0.2, 0.25) is 0 Å². The summed E-state index contributed by atoms with van der Waals surface area (Å²) in [5, 5.41) is 8.63. The van der Waals surface area contributed by atoms with Gasteiger partial charge in [-0.2, -0.15) is 18.3 Å². The molecule has 3 aromatic carbocycles. The summed E-state index contributed by atoms with van der Waals surface area (Å²) in [5.74, 6) is -2.60. The molecule has 1 aliphatic rings. The second kappa shape index (κ2) is 13.5. The van der Waals surface area contributed by atoms with Crippen molar-refractivity contribution in [2.24, 2.45) is 5.73 Å². The number of carbonyl (C=O) groups is 1. The smallest absolute Gasteiger partial charge is 0.417 e. The first-order valence-corrected chi connectivity index (χ1v) is 15.0. The van der Waals surface area contributed by atoms with Crippen LogP contribution >= 0.6 is 0 Å². The first kappa shape index (κ1) is 32.8. The van der Waals surface area contributed by atoms with Crippen LogP contribution in [-0.4, -0.2) is 77.1 Å². The monoisotopic (exact) mass is 664 g/mol. The summed E-state index contributed by atoms with van der Waals surface area (Å²) in [6.07, 6.45) is -3.63. The van der Waals surface area contributed by atoms with Crippen LogP contribution in [0.5, 0.6) is 5.75 Å². The van der Waals surface area contributed by atoms with Gasteiger partial charge in [0.15, 0.2) is 5.65 Å². The van der Waals surface area contributed by atoms with Gasteiger partial charge < -0.3 is 26.3 Å². The third-order valence-electron chi connectivity index (χ3n) is 8.17. The fourth-order valence-corrected chi connectivity index (χ4v) is 5.72. The molecular formula is C33H32F4N8O3. The zero-order chi connectivity index (χ0) is 34.0. The van der Waals surface area contributed by atoms with Gasteiger partial charge in [-0.3, -0.25) is 9.69 Å². The van der Waals surface area contributed by atoms with Gasteiger partial charge >= 0.3 is 6.18 Å². The first-order valence-electron chi connectivity index (χ1n) is 15.0. The van der Waals surface area contributed by atoms with Crippen LogP contribution in [0.1, 0.15) is 21.5 Å². The molecule has 5 N–H and O–H groups in total. The number of morpholine rings is 1. The van der Waals surface area contributed by atoms with E-state index in [0.717, 1.165) is 45.0 Å². The predicted octanol–water partition coefficient (Wildman–Crippen LogP) is 4.42. The number of nitrogens with zero attached hydrogens (tertiary/aromatic N) is 5. The number of rotatable bonds is 10. The van der Waals surface area contributed by atoms with E-state index < -0.39 is 34.6 Å². The van der Waals surface area contributed by atoms with E-state index in [2.05, 4.69) is 20.2 Å². The minimum absolute atomic E-state index is 0.109. The first-order chi connectivity index (χ1) is 23.1. The molecular weight excluding hydrogens is 632 g/mol. The van der Waals surface area contributed by atoms with Crippen molar-refractivity contribution in [3.05, 3.63) is 83.4 Å². The number of aromatic nitrogens is 4. The number of nitrogens with one attached hydrogen (secondary N) is 1. The summed E-state index contributed by atoms with van der Waals surface area (Å²) in [6.45, 7) is 5.85. The number of alkyl halides is 3. The number of methoxy groups -OCH3 is 1. The minimum atomic E-state index is -4.94. The van der Waals surface area contributed by atoms with E-state index in [9.17, 15) is 18.0 Å². The molecule has 5 aromatic rings. The van der Waals surface area contributed by atoms with Gasteiger partial charge in [0, 0.05) is 49.4 Å². The molecule has 3 heterocycles. The third kappa shape index (κ3) is 6.52. The Kier molecular flexibility index (Phi) is 9.26. The quantitative estimate of drug-likeness (QED) is 0.146. The largest absolute Gasteiger partial charge is 0.496 e. The number of carbonyl (C=O) groups excluding carboxylic acids is 1. The van der Waals surface area contributed by atoms with E-state index in [1.807, 2.05) is 24.3 Å². The molecule has 2 aromatic heterocycles. The number of nitrogens with two attached hydrogens (primary N) is 2. The van der Waals surface area contributed by atoms with Gasteiger partial charge in [0.25, 0.3) is 5.91 Å². The van der Waals surface area contributed by atoms with Crippen molar-refractivity contribution in [1.29, 1.82) is 0 Å². The van der Waals surface area contributed by atoms with Crippen molar-refractivity contribution < 1.29 is 31.8 Å².